The molecule has 1 unspecified atom stereocenters. The van der Waals surface area contributed by atoms with Gasteiger partial charge in [0.2, 0.25) is 5.91 Å². The van der Waals surface area contributed by atoms with Gasteiger partial charge in [0, 0.05) is 6.54 Å². The Balaban J connectivity index is 2.23. The van der Waals surface area contributed by atoms with E-state index in [4.69, 9.17) is 0 Å². The molecule has 4 heteroatoms. The van der Waals surface area contributed by atoms with E-state index >= 15 is 0 Å². The van der Waals surface area contributed by atoms with Gasteiger partial charge in [0.25, 0.3) is 0 Å². The molecule has 2 rings (SSSR count). The van der Waals surface area contributed by atoms with Gasteiger partial charge >= 0.3 is 0 Å². The number of carbonyl (C=O) groups is 1. The number of nitrogens with one attached hydrogen (secondary N) is 2. The van der Waals surface area contributed by atoms with Gasteiger partial charge in [-0.25, -0.2) is 0 Å². The lowest BCUT2D eigenvalue weighted by Crippen LogP contribution is -2.42. The summed E-state index contributed by atoms with van der Waals surface area (Å²) in [5, 5.41) is 16.1. The van der Waals surface area contributed by atoms with E-state index in [9.17, 15) is 9.90 Å². The molecular formula is C15H22N2O2. The summed E-state index contributed by atoms with van der Waals surface area (Å²) < 4.78 is 0. The van der Waals surface area contributed by atoms with E-state index in [0.29, 0.717) is 12.2 Å². The van der Waals surface area contributed by atoms with Crippen molar-refractivity contribution in [3.63, 3.8) is 0 Å². The normalized spacial score (nSPS) is 22.7. The number of hydrogen-bond donors (Lipinski definition) is 3. The van der Waals surface area contributed by atoms with Crippen molar-refractivity contribution in [2.24, 2.45) is 11.3 Å². The van der Waals surface area contributed by atoms with Gasteiger partial charge in [-0.05, 0) is 37.4 Å². The maximum atomic E-state index is 12.6. The summed E-state index contributed by atoms with van der Waals surface area (Å²) in [6.07, 6.45) is 0.836. The molecule has 104 valence electrons. The van der Waals surface area contributed by atoms with Crippen molar-refractivity contribution in [3.8, 4) is 5.75 Å². The third-order valence-electron chi connectivity index (χ3n) is 4.23. The minimum Gasteiger partial charge on any atom is -0.505 e. The third-order valence-corrected chi connectivity index (χ3v) is 4.23. The highest BCUT2D eigenvalue weighted by Gasteiger charge is 2.44. The predicted octanol–water partition coefficient (Wildman–Crippen LogP) is 2.27. The average molecular weight is 262 g/mol. The van der Waals surface area contributed by atoms with Crippen molar-refractivity contribution in [2.75, 3.05) is 18.4 Å². The molecular weight excluding hydrogens is 240 g/mol. The second kappa shape index (κ2) is 5.21. The molecule has 1 atom stereocenters. The first-order valence-corrected chi connectivity index (χ1v) is 6.78. The fourth-order valence-corrected chi connectivity index (χ4v) is 2.67. The largest absolute Gasteiger partial charge is 0.505 e. The summed E-state index contributed by atoms with van der Waals surface area (Å²) in [5.74, 6) is 0.406. The van der Waals surface area contributed by atoms with Crippen LogP contribution >= 0.6 is 0 Å². The zero-order chi connectivity index (χ0) is 14.0. The lowest BCUT2D eigenvalue weighted by Gasteiger charge is -2.31. The number of aryl methyl sites for hydroxylation is 1. The average Bonchev–Trinajstić information content (AvgIpc) is 2.85. The first-order chi connectivity index (χ1) is 8.97. The van der Waals surface area contributed by atoms with Crippen LogP contribution in [0, 0.1) is 18.3 Å². The lowest BCUT2D eigenvalue weighted by molar-refractivity contribution is -0.126. The highest BCUT2D eigenvalue weighted by atomic mass is 16.3. The highest BCUT2D eigenvalue weighted by molar-refractivity contribution is 5.97. The Morgan fingerprint density at radius 3 is 2.79 bits per heavy atom. The second-order valence-corrected chi connectivity index (χ2v) is 5.66. The summed E-state index contributed by atoms with van der Waals surface area (Å²) in [5.41, 5.74) is 0.883. The number of rotatable bonds is 3. The Labute approximate surface area is 114 Å². The number of para-hydroxylation sites is 1. The molecule has 0 aromatic heterocycles. The van der Waals surface area contributed by atoms with Crippen molar-refractivity contribution in [3.05, 3.63) is 23.8 Å². The van der Waals surface area contributed by atoms with Crippen LogP contribution in [0.4, 0.5) is 5.69 Å². The van der Waals surface area contributed by atoms with Gasteiger partial charge in [0.1, 0.15) is 5.75 Å². The fraction of sp³-hybridized carbons (Fsp3) is 0.533. The monoisotopic (exact) mass is 262 g/mol. The van der Waals surface area contributed by atoms with Gasteiger partial charge < -0.3 is 15.7 Å². The molecule has 1 fully saturated rings. The maximum Gasteiger partial charge on any atom is 0.232 e. The van der Waals surface area contributed by atoms with Crippen LogP contribution in [0.3, 0.4) is 0 Å². The number of aromatic hydroxyl groups is 1. The van der Waals surface area contributed by atoms with E-state index < -0.39 is 0 Å². The Morgan fingerprint density at radius 1 is 1.47 bits per heavy atom. The lowest BCUT2D eigenvalue weighted by atomic mass is 9.75. The van der Waals surface area contributed by atoms with Crippen molar-refractivity contribution < 1.29 is 9.90 Å². The smallest absolute Gasteiger partial charge is 0.232 e. The standard InChI is InChI=1S/C15H22N2O2/c1-10(2)15(7-8-16-9-15)14(19)17-12-6-4-5-11(3)13(12)18/h4-6,10,16,18H,7-9H2,1-3H3,(H,17,19). The van der Waals surface area contributed by atoms with Crippen LogP contribution in [0.2, 0.25) is 0 Å². The number of phenolic OH excluding ortho intramolecular Hbond substituents is 1. The summed E-state index contributed by atoms with van der Waals surface area (Å²) >= 11 is 0. The molecule has 1 saturated heterocycles. The molecule has 1 aromatic carbocycles. The molecule has 1 aromatic rings. The van der Waals surface area contributed by atoms with Crippen LogP contribution < -0.4 is 10.6 Å². The third kappa shape index (κ3) is 2.45. The number of phenols is 1. The molecule has 0 aliphatic carbocycles. The summed E-state index contributed by atoms with van der Waals surface area (Å²) in [7, 11) is 0. The van der Waals surface area contributed by atoms with Crippen LogP contribution in [0.5, 0.6) is 5.75 Å². The van der Waals surface area contributed by atoms with Crippen molar-refractivity contribution in [1.82, 2.24) is 5.32 Å². The van der Waals surface area contributed by atoms with Gasteiger partial charge in [-0.1, -0.05) is 26.0 Å². The van der Waals surface area contributed by atoms with Crippen molar-refractivity contribution in [2.45, 2.75) is 27.2 Å². The quantitative estimate of drug-likeness (QED) is 0.732. The number of hydrogen-bond acceptors (Lipinski definition) is 3. The van der Waals surface area contributed by atoms with E-state index in [0.717, 1.165) is 18.5 Å². The predicted molar refractivity (Wildman–Crippen MR) is 76.2 cm³/mol. The Kier molecular flexibility index (Phi) is 3.80. The Morgan fingerprint density at radius 2 is 2.21 bits per heavy atom. The van der Waals surface area contributed by atoms with E-state index in [1.165, 1.54) is 0 Å². The zero-order valence-corrected chi connectivity index (χ0v) is 11.8. The number of amides is 1. The molecule has 1 heterocycles. The molecule has 0 radical (unpaired) electrons. The Hall–Kier alpha value is -1.55. The minimum absolute atomic E-state index is 0.00611. The first kappa shape index (κ1) is 13.9. The van der Waals surface area contributed by atoms with E-state index in [1.54, 1.807) is 6.07 Å². The van der Waals surface area contributed by atoms with E-state index in [1.807, 2.05) is 19.1 Å². The van der Waals surface area contributed by atoms with Gasteiger partial charge in [-0.2, -0.15) is 0 Å². The molecule has 19 heavy (non-hydrogen) atoms. The summed E-state index contributed by atoms with van der Waals surface area (Å²) in [6, 6.07) is 5.39. The zero-order valence-electron chi connectivity index (χ0n) is 11.8. The van der Waals surface area contributed by atoms with Gasteiger partial charge in [0.15, 0.2) is 0 Å². The van der Waals surface area contributed by atoms with Crippen molar-refractivity contribution in [1.29, 1.82) is 0 Å². The summed E-state index contributed by atoms with van der Waals surface area (Å²) in [4.78, 5) is 12.6. The van der Waals surface area contributed by atoms with E-state index in [2.05, 4.69) is 24.5 Å². The first-order valence-electron chi connectivity index (χ1n) is 6.78. The molecule has 4 nitrogen and oxygen atoms in total. The number of carbonyl (C=O) groups excluding carboxylic acids is 1. The van der Waals surface area contributed by atoms with E-state index in [-0.39, 0.29) is 23.0 Å². The van der Waals surface area contributed by atoms with Gasteiger partial charge in [-0.15, -0.1) is 0 Å². The molecule has 1 aliphatic heterocycles. The van der Waals surface area contributed by atoms with Crippen LogP contribution in [-0.4, -0.2) is 24.1 Å². The molecule has 0 bridgehead atoms. The molecule has 3 N–H and O–H groups in total. The Bertz CT molecular complexity index is 477. The molecule has 0 spiro atoms. The fourth-order valence-electron chi connectivity index (χ4n) is 2.67. The second-order valence-electron chi connectivity index (χ2n) is 5.66. The highest BCUT2D eigenvalue weighted by Crippen LogP contribution is 2.36. The van der Waals surface area contributed by atoms with Crippen LogP contribution in [0.25, 0.3) is 0 Å². The SMILES string of the molecule is Cc1cccc(NC(=O)C2(C(C)C)CCNC2)c1O. The van der Waals surface area contributed by atoms with Crippen LogP contribution in [0.15, 0.2) is 18.2 Å². The number of anilines is 1. The van der Waals surface area contributed by atoms with Crippen LogP contribution in [-0.2, 0) is 4.79 Å². The van der Waals surface area contributed by atoms with Gasteiger partial charge in [-0.3, -0.25) is 4.79 Å². The molecule has 1 amide bonds. The number of benzene rings is 1. The van der Waals surface area contributed by atoms with Gasteiger partial charge in [0.05, 0.1) is 11.1 Å². The summed E-state index contributed by atoms with van der Waals surface area (Å²) in [6.45, 7) is 7.53. The van der Waals surface area contributed by atoms with Crippen LogP contribution in [0.1, 0.15) is 25.8 Å². The molecule has 0 saturated carbocycles. The maximum absolute atomic E-state index is 12.6. The molecule has 1 aliphatic rings. The topological polar surface area (TPSA) is 61.4 Å². The van der Waals surface area contributed by atoms with Crippen molar-refractivity contribution >= 4 is 11.6 Å². The minimum atomic E-state index is -0.379.